The summed E-state index contributed by atoms with van der Waals surface area (Å²) in [6.45, 7) is 0.884. The molecule has 1 aromatic carbocycles. The van der Waals surface area contributed by atoms with Crippen molar-refractivity contribution in [2.75, 3.05) is 13.7 Å². The van der Waals surface area contributed by atoms with Crippen LogP contribution in [0.2, 0.25) is 0 Å². The molecule has 0 N–H and O–H groups in total. The van der Waals surface area contributed by atoms with Crippen molar-refractivity contribution in [3.05, 3.63) is 56.4 Å². The van der Waals surface area contributed by atoms with Crippen LogP contribution in [0.3, 0.4) is 0 Å². The zero-order valence-corrected chi connectivity index (χ0v) is 16.1. The molecule has 0 saturated carbocycles. The van der Waals surface area contributed by atoms with E-state index in [4.69, 9.17) is 9.72 Å². The minimum absolute atomic E-state index is 0.00230. The summed E-state index contributed by atoms with van der Waals surface area (Å²) in [6.07, 6.45) is 3.10. The van der Waals surface area contributed by atoms with Crippen molar-refractivity contribution in [2.24, 2.45) is 0 Å². The van der Waals surface area contributed by atoms with E-state index in [1.54, 1.807) is 35.1 Å². The van der Waals surface area contributed by atoms with Crippen molar-refractivity contribution >= 4 is 33.3 Å². The zero-order valence-electron chi connectivity index (χ0n) is 14.5. The van der Waals surface area contributed by atoms with Crippen molar-refractivity contribution in [2.45, 2.75) is 36.7 Å². The number of halogens is 1. The highest BCUT2D eigenvalue weighted by Gasteiger charge is 2.23. The Balaban J connectivity index is 1.75. The van der Waals surface area contributed by atoms with Gasteiger partial charge in [-0.15, -0.1) is 11.3 Å². The molecule has 0 saturated heterocycles. The molecule has 0 unspecified atom stereocenters. The molecule has 26 heavy (non-hydrogen) atoms. The van der Waals surface area contributed by atoms with Gasteiger partial charge in [-0.2, -0.15) is 0 Å². The van der Waals surface area contributed by atoms with E-state index in [0.29, 0.717) is 29.6 Å². The minimum atomic E-state index is -0.234. The minimum Gasteiger partial charge on any atom is -0.383 e. The second kappa shape index (κ2) is 7.50. The number of ether oxygens (including phenoxy) is 1. The number of methoxy groups -OCH3 is 1. The second-order valence-corrected chi connectivity index (χ2v) is 8.29. The lowest BCUT2D eigenvalue weighted by Crippen LogP contribution is -2.25. The maximum absolute atomic E-state index is 13.9. The van der Waals surface area contributed by atoms with Gasteiger partial charge in [0.15, 0.2) is 5.16 Å². The fraction of sp³-hybridized carbons (Fsp3) is 0.368. The number of thiophene rings is 1. The van der Waals surface area contributed by atoms with Crippen molar-refractivity contribution in [3.63, 3.8) is 0 Å². The molecule has 3 aromatic rings. The van der Waals surface area contributed by atoms with E-state index in [9.17, 15) is 9.18 Å². The van der Waals surface area contributed by atoms with Crippen LogP contribution in [0, 0.1) is 5.82 Å². The number of aromatic nitrogens is 2. The van der Waals surface area contributed by atoms with Crippen molar-refractivity contribution in [1.29, 1.82) is 0 Å². The molecule has 0 radical (unpaired) electrons. The molecule has 1 aliphatic rings. The van der Waals surface area contributed by atoms with Crippen molar-refractivity contribution < 1.29 is 9.13 Å². The van der Waals surface area contributed by atoms with E-state index >= 15 is 0 Å². The Kier molecular flexibility index (Phi) is 5.11. The van der Waals surface area contributed by atoms with Crippen LogP contribution < -0.4 is 5.56 Å². The molecule has 0 spiro atoms. The van der Waals surface area contributed by atoms with Crippen molar-refractivity contribution in [1.82, 2.24) is 9.55 Å². The van der Waals surface area contributed by atoms with E-state index < -0.39 is 0 Å². The fourth-order valence-electron chi connectivity index (χ4n) is 3.31. The second-order valence-electron chi connectivity index (χ2n) is 6.26. The highest BCUT2D eigenvalue weighted by Crippen LogP contribution is 2.36. The first-order chi connectivity index (χ1) is 12.7. The standard InChI is InChI=1S/C19H19FN2O2S2/c1-24-10-9-22-18(23)16-13-6-4-8-15(13)26-17(16)21-19(22)25-11-12-5-2-3-7-14(12)20/h2-3,5,7H,4,6,8-11H2,1H3. The van der Waals surface area contributed by atoms with E-state index in [0.717, 1.165) is 29.5 Å². The van der Waals surface area contributed by atoms with Crippen LogP contribution in [0.25, 0.3) is 10.2 Å². The quantitative estimate of drug-likeness (QED) is 0.471. The van der Waals surface area contributed by atoms with Gasteiger partial charge in [0.25, 0.3) is 5.56 Å². The number of fused-ring (bicyclic) bond motifs is 3. The van der Waals surface area contributed by atoms with Crippen molar-refractivity contribution in [3.8, 4) is 0 Å². The zero-order chi connectivity index (χ0) is 18.1. The summed E-state index contributed by atoms with van der Waals surface area (Å²) in [4.78, 5) is 20.0. The van der Waals surface area contributed by atoms with Gasteiger partial charge in [-0.1, -0.05) is 30.0 Å². The topological polar surface area (TPSA) is 44.1 Å². The van der Waals surface area contributed by atoms with Gasteiger partial charge in [-0.05, 0) is 36.5 Å². The van der Waals surface area contributed by atoms with E-state index in [-0.39, 0.29) is 11.4 Å². The normalized spacial score (nSPS) is 13.5. The number of nitrogens with zero attached hydrogens (tertiary/aromatic N) is 2. The van der Waals surface area contributed by atoms with Gasteiger partial charge in [0.1, 0.15) is 10.6 Å². The summed E-state index contributed by atoms with van der Waals surface area (Å²) < 4.78 is 20.8. The highest BCUT2D eigenvalue weighted by molar-refractivity contribution is 7.98. The fourth-order valence-corrected chi connectivity index (χ4v) is 5.62. The summed E-state index contributed by atoms with van der Waals surface area (Å²) >= 11 is 3.03. The van der Waals surface area contributed by atoms with Crippen LogP contribution in [0.5, 0.6) is 0 Å². The lowest BCUT2D eigenvalue weighted by atomic mass is 10.2. The number of aryl methyl sites for hydroxylation is 2. The maximum Gasteiger partial charge on any atom is 0.263 e. The summed E-state index contributed by atoms with van der Waals surface area (Å²) in [6, 6.07) is 6.71. The molecule has 0 aliphatic heterocycles. The Labute approximate surface area is 159 Å². The number of rotatable bonds is 6. The summed E-state index contributed by atoms with van der Waals surface area (Å²) in [5.74, 6) is 0.199. The van der Waals surface area contributed by atoms with Gasteiger partial charge >= 0.3 is 0 Å². The lowest BCUT2D eigenvalue weighted by molar-refractivity contribution is 0.183. The molecule has 0 fully saturated rings. The van der Waals surface area contributed by atoms with Gasteiger partial charge in [0.05, 0.1) is 18.5 Å². The Morgan fingerprint density at radius 1 is 1.35 bits per heavy atom. The van der Waals surface area contributed by atoms with Crippen LogP contribution in [-0.4, -0.2) is 23.3 Å². The Bertz CT molecular complexity index is 1010. The smallest absolute Gasteiger partial charge is 0.263 e. The first-order valence-corrected chi connectivity index (χ1v) is 10.4. The van der Waals surface area contributed by atoms with Crippen LogP contribution in [0.15, 0.2) is 34.2 Å². The number of hydrogen-bond acceptors (Lipinski definition) is 5. The largest absolute Gasteiger partial charge is 0.383 e. The highest BCUT2D eigenvalue weighted by atomic mass is 32.2. The maximum atomic E-state index is 13.9. The van der Waals surface area contributed by atoms with E-state index in [2.05, 4.69) is 0 Å². The van der Waals surface area contributed by atoms with E-state index in [1.165, 1.54) is 28.3 Å². The third-order valence-corrected chi connectivity index (χ3v) is 6.83. The van der Waals surface area contributed by atoms with Crippen LogP contribution in [-0.2, 0) is 29.9 Å². The first kappa shape index (κ1) is 17.7. The summed E-state index contributed by atoms with van der Waals surface area (Å²) in [7, 11) is 1.62. The summed E-state index contributed by atoms with van der Waals surface area (Å²) in [5.41, 5.74) is 1.79. The average Bonchev–Trinajstić information content (AvgIpc) is 3.21. The number of hydrogen-bond donors (Lipinski definition) is 0. The molecule has 4 nitrogen and oxygen atoms in total. The first-order valence-electron chi connectivity index (χ1n) is 8.59. The monoisotopic (exact) mass is 390 g/mol. The molecule has 7 heteroatoms. The molecular formula is C19H19FN2O2S2. The van der Waals surface area contributed by atoms with Gasteiger partial charge in [-0.3, -0.25) is 9.36 Å². The third kappa shape index (κ3) is 3.19. The number of thioether (sulfide) groups is 1. The molecule has 4 rings (SSSR count). The average molecular weight is 391 g/mol. The molecule has 1 aliphatic carbocycles. The van der Waals surface area contributed by atoms with Gasteiger partial charge in [0.2, 0.25) is 0 Å². The van der Waals surface area contributed by atoms with Crippen LogP contribution in [0.4, 0.5) is 4.39 Å². The summed E-state index contributed by atoms with van der Waals surface area (Å²) in [5, 5.41) is 1.40. The Morgan fingerprint density at radius 3 is 3.00 bits per heavy atom. The molecule has 2 heterocycles. The number of benzene rings is 1. The third-order valence-electron chi connectivity index (χ3n) is 4.62. The molecular weight excluding hydrogens is 371 g/mol. The SMILES string of the molecule is COCCn1c(SCc2ccccc2F)nc2sc3c(c2c1=O)CCC3. The Hall–Kier alpha value is -1.70. The van der Waals surface area contributed by atoms with Gasteiger partial charge in [-0.25, -0.2) is 9.37 Å². The predicted molar refractivity (Wildman–Crippen MR) is 104 cm³/mol. The molecule has 136 valence electrons. The van der Waals surface area contributed by atoms with E-state index in [1.807, 2.05) is 6.07 Å². The van der Waals surface area contributed by atoms with Gasteiger partial charge in [0, 0.05) is 17.7 Å². The molecule has 0 atom stereocenters. The van der Waals surface area contributed by atoms with Crippen LogP contribution >= 0.6 is 23.1 Å². The van der Waals surface area contributed by atoms with Crippen LogP contribution in [0.1, 0.15) is 22.4 Å². The predicted octanol–water partition coefficient (Wildman–Crippen LogP) is 4.02. The molecule has 2 aromatic heterocycles. The van der Waals surface area contributed by atoms with Gasteiger partial charge < -0.3 is 4.74 Å². The lowest BCUT2D eigenvalue weighted by Gasteiger charge is -2.12. The molecule has 0 bridgehead atoms. The molecule has 0 amide bonds. The Morgan fingerprint density at radius 2 is 2.19 bits per heavy atom.